The normalized spacial score (nSPS) is 11.0. The van der Waals surface area contributed by atoms with Crippen molar-refractivity contribution in [1.29, 1.82) is 0 Å². The van der Waals surface area contributed by atoms with Crippen LogP contribution in [-0.4, -0.2) is 26.2 Å². The number of aryl methyl sites for hydroxylation is 2. The molecular weight excluding hydrogens is 284 g/mol. The fraction of sp³-hybridized carbons (Fsp3) is 0.267. The second-order valence-electron chi connectivity index (χ2n) is 4.82. The number of nitrogens with zero attached hydrogens (tertiary/aromatic N) is 4. The number of benzene rings is 1. The summed E-state index contributed by atoms with van der Waals surface area (Å²) >= 11 is 1.71. The van der Waals surface area contributed by atoms with E-state index in [4.69, 9.17) is 4.52 Å². The van der Waals surface area contributed by atoms with Crippen LogP contribution in [0.4, 0.5) is 0 Å². The Kier molecular flexibility index (Phi) is 3.79. The third-order valence-corrected chi connectivity index (χ3v) is 3.95. The lowest BCUT2D eigenvalue weighted by Gasteiger charge is -1.98. The minimum absolute atomic E-state index is 0.496. The van der Waals surface area contributed by atoms with E-state index in [2.05, 4.69) is 33.6 Å². The molecule has 0 radical (unpaired) electrons. The van der Waals surface area contributed by atoms with Crippen LogP contribution in [0, 0.1) is 13.8 Å². The first-order valence-corrected chi connectivity index (χ1v) is 7.86. The summed E-state index contributed by atoms with van der Waals surface area (Å²) in [7, 11) is 0. The Bertz CT molecular complexity index is 745. The number of rotatable bonds is 4. The molecule has 0 aliphatic heterocycles. The highest BCUT2D eigenvalue weighted by molar-refractivity contribution is 7.98. The van der Waals surface area contributed by atoms with Gasteiger partial charge in [0.05, 0.1) is 5.69 Å². The predicted octanol–water partition coefficient (Wildman–Crippen LogP) is 3.32. The van der Waals surface area contributed by atoms with Gasteiger partial charge in [-0.15, -0.1) is 11.8 Å². The number of hydrogen-bond donors (Lipinski definition) is 0. The quantitative estimate of drug-likeness (QED) is 0.692. The van der Waals surface area contributed by atoms with Crippen LogP contribution in [0.2, 0.25) is 0 Å². The molecule has 5 nitrogen and oxygen atoms in total. The van der Waals surface area contributed by atoms with Crippen LogP contribution in [-0.2, 0) is 6.54 Å². The molecule has 0 saturated heterocycles. The van der Waals surface area contributed by atoms with Crippen molar-refractivity contribution in [2.24, 2.45) is 0 Å². The molecule has 0 aliphatic rings. The zero-order valence-electron chi connectivity index (χ0n) is 12.2. The highest BCUT2D eigenvalue weighted by Gasteiger charge is 2.11. The standard InChI is InChI=1S/C15H16N4OS/c1-10-8-11(2)19(17-10)9-14-16-15(18-20-14)12-4-6-13(21-3)7-5-12/h4-8H,9H2,1-3H3. The summed E-state index contributed by atoms with van der Waals surface area (Å²) in [4.78, 5) is 5.65. The topological polar surface area (TPSA) is 56.7 Å². The van der Waals surface area contributed by atoms with Crippen LogP contribution in [0.15, 0.2) is 39.8 Å². The van der Waals surface area contributed by atoms with E-state index in [1.54, 1.807) is 11.8 Å². The maximum atomic E-state index is 5.32. The third kappa shape index (κ3) is 3.00. The summed E-state index contributed by atoms with van der Waals surface area (Å²) in [6, 6.07) is 10.1. The van der Waals surface area contributed by atoms with Gasteiger partial charge < -0.3 is 4.52 Å². The van der Waals surface area contributed by atoms with Crippen molar-refractivity contribution in [3.63, 3.8) is 0 Å². The molecular formula is C15H16N4OS. The van der Waals surface area contributed by atoms with E-state index in [0.717, 1.165) is 17.0 Å². The van der Waals surface area contributed by atoms with Crippen molar-refractivity contribution in [2.45, 2.75) is 25.3 Å². The Morgan fingerprint density at radius 1 is 1.19 bits per heavy atom. The molecule has 0 atom stereocenters. The van der Waals surface area contributed by atoms with Crippen molar-refractivity contribution in [2.75, 3.05) is 6.26 Å². The Morgan fingerprint density at radius 3 is 2.57 bits per heavy atom. The molecule has 0 saturated carbocycles. The smallest absolute Gasteiger partial charge is 0.248 e. The van der Waals surface area contributed by atoms with Gasteiger partial charge in [0.15, 0.2) is 0 Å². The molecule has 0 amide bonds. The lowest BCUT2D eigenvalue weighted by Crippen LogP contribution is -2.04. The lowest BCUT2D eigenvalue weighted by atomic mass is 10.2. The van der Waals surface area contributed by atoms with Gasteiger partial charge in [-0.3, -0.25) is 4.68 Å². The van der Waals surface area contributed by atoms with Crippen LogP contribution in [0.5, 0.6) is 0 Å². The van der Waals surface area contributed by atoms with Crippen molar-refractivity contribution in [3.8, 4) is 11.4 Å². The first kappa shape index (κ1) is 13.9. The van der Waals surface area contributed by atoms with Gasteiger partial charge in [0.25, 0.3) is 0 Å². The molecule has 2 heterocycles. The highest BCUT2D eigenvalue weighted by atomic mass is 32.2. The van der Waals surface area contributed by atoms with E-state index in [9.17, 15) is 0 Å². The third-order valence-electron chi connectivity index (χ3n) is 3.20. The molecule has 3 rings (SSSR count). The van der Waals surface area contributed by atoms with E-state index < -0.39 is 0 Å². The lowest BCUT2D eigenvalue weighted by molar-refractivity contribution is 0.364. The summed E-state index contributed by atoms with van der Waals surface area (Å²) in [5.74, 6) is 1.17. The first-order valence-electron chi connectivity index (χ1n) is 6.64. The molecule has 0 spiro atoms. The maximum absolute atomic E-state index is 5.32. The SMILES string of the molecule is CSc1ccc(-c2noc(Cn3nc(C)cc3C)n2)cc1. The van der Waals surface area contributed by atoms with E-state index in [1.807, 2.05) is 36.7 Å². The van der Waals surface area contributed by atoms with Gasteiger partial charge in [0.2, 0.25) is 11.7 Å². The minimum Gasteiger partial charge on any atom is -0.337 e. The zero-order valence-corrected chi connectivity index (χ0v) is 13.0. The summed E-state index contributed by atoms with van der Waals surface area (Å²) < 4.78 is 7.18. The number of aromatic nitrogens is 4. The molecule has 0 unspecified atom stereocenters. The Labute approximate surface area is 127 Å². The molecule has 108 valence electrons. The molecule has 0 bridgehead atoms. The molecule has 0 aliphatic carbocycles. The van der Waals surface area contributed by atoms with Gasteiger partial charge in [0.1, 0.15) is 6.54 Å². The molecule has 0 fully saturated rings. The summed E-state index contributed by atoms with van der Waals surface area (Å²) in [6.07, 6.45) is 2.05. The van der Waals surface area contributed by atoms with E-state index in [1.165, 1.54) is 4.90 Å². The largest absolute Gasteiger partial charge is 0.337 e. The van der Waals surface area contributed by atoms with Gasteiger partial charge >= 0.3 is 0 Å². The first-order chi connectivity index (χ1) is 10.2. The number of thioether (sulfide) groups is 1. The average molecular weight is 300 g/mol. The Morgan fingerprint density at radius 2 is 1.95 bits per heavy atom. The molecule has 0 N–H and O–H groups in total. The van der Waals surface area contributed by atoms with Gasteiger partial charge in [-0.05, 0) is 50.4 Å². The fourth-order valence-corrected chi connectivity index (χ4v) is 2.55. The summed E-state index contributed by atoms with van der Waals surface area (Å²) in [5, 5.41) is 8.44. The fourth-order valence-electron chi connectivity index (χ4n) is 2.14. The second kappa shape index (κ2) is 5.73. The van der Waals surface area contributed by atoms with Crippen LogP contribution >= 0.6 is 11.8 Å². The maximum Gasteiger partial charge on any atom is 0.248 e. The monoisotopic (exact) mass is 300 g/mol. The second-order valence-corrected chi connectivity index (χ2v) is 5.70. The molecule has 21 heavy (non-hydrogen) atoms. The van der Waals surface area contributed by atoms with E-state index in [-0.39, 0.29) is 0 Å². The summed E-state index contributed by atoms with van der Waals surface area (Å²) in [6.45, 7) is 4.48. The number of hydrogen-bond acceptors (Lipinski definition) is 5. The van der Waals surface area contributed by atoms with E-state index in [0.29, 0.717) is 18.3 Å². The van der Waals surface area contributed by atoms with Crippen LogP contribution < -0.4 is 0 Å². The van der Waals surface area contributed by atoms with Crippen LogP contribution in [0.3, 0.4) is 0 Å². The van der Waals surface area contributed by atoms with E-state index >= 15 is 0 Å². The van der Waals surface area contributed by atoms with Gasteiger partial charge in [-0.25, -0.2) is 0 Å². The molecule has 2 aromatic heterocycles. The molecule has 3 aromatic rings. The van der Waals surface area contributed by atoms with Gasteiger partial charge in [0, 0.05) is 16.2 Å². The van der Waals surface area contributed by atoms with Crippen LogP contribution in [0.25, 0.3) is 11.4 Å². The molecule has 1 aromatic carbocycles. The van der Waals surface area contributed by atoms with Gasteiger partial charge in [-0.1, -0.05) is 5.16 Å². The van der Waals surface area contributed by atoms with Crippen molar-refractivity contribution < 1.29 is 4.52 Å². The zero-order chi connectivity index (χ0) is 14.8. The molecule has 6 heteroatoms. The van der Waals surface area contributed by atoms with Crippen LogP contribution in [0.1, 0.15) is 17.3 Å². The predicted molar refractivity (Wildman–Crippen MR) is 82.3 cm³/mol. The summed E-state index contributed by atoms with van der Waals surface area (Å²) in [5.41, 5.74) is 3.02. The highest BCUT2D eigenvalue weighted by Crippen LogP contribution is 2.21. The Balaban J connectivity index is 1.80. The minimum atomic E-state index is 0.496. The van der Waals surface area contributed by atoms with Crippen molar-refractivity contribution in [1.82, 2.24) is 19.9 Å². The Hall–Kier alpha value is -2.08. The van der Waals surface area contributed by atoms with Crippen molar-refractivity contribution in [3.05, 3.63) is 47.6 Å². The van der Waals surface area contributed by atoms with Gasteiger partial charge in [-0.2, -0.15) is 10.1 Å². The van der Waals surface area contributed by atoms with Crippen molar-refractivity contribution >= 4 is 11.8 Å². The average Bonchev–Trinajstić information content (AvgIpc) is 3.07.